The molecule has 3 aromatic rings. The third kappa shape index (κ3) is 2.71. The maximum atomic E-state index is 13.2. The summed E-state index contributed by atoms with van der Waals surface area (Å²) >= 11 is -0.308. The number of nitrogens with one attached hydrogen (secondary N) is 1. The number of ether oxygens (including phenoxy) is 1. The van der Waals surface area contributed by atoms with E-state index in [9.17, 15) is 14.0 Å². The Morgan fingerprint density at radius 1 is 1.29 bits per heavy atom. The van der Waals surface area contributed by atoms with Gasteiger partial charge in [-0.05, 0) is 61.9 Å². The Bertz CT molecular complexity index is 1110. The summed E-state index contributed by atoms with van der Waals surface area (Å²) < 4.78 is 24.2. The SMILES string of the molecule is Cc1c(-c2c(OSF)c(C)c([N+](=O)[O-])c3[nH]cc(C)c23)ccc2c1CCCO2. The Hall–Kier alpha value is -2.74. The zero-order valence-electron chi connectivity index (χ0n) is 15.7. The number of benzene rings is 2. The summed E-state index contributed by atoms with van der Waals surface area (Å²) in [5, 5.41) is 12.4. The van der Waals surface area contributed by atoms with Gasteiger partial charge in [0.25, 0.3) is 18.1 Å². The van der Waals surface area contributed by atoms with Gasteiger partial charge in [-0.15, -0.1) is 3.89 Å². The molecule has 4 rings (SSSR count). The standard InChI is InChI=1S/C20H19FN2O4S/c1-10-9-22-18-16(10)17(20(27-28-21)12(3)19(18)23(24)25)14-6-7-15-13(11(14)2)5-4-8-26-15/h6-7,9,22H,4-5,8H2,1-3H3. The van der Waals surface area contributed by atoms with Crippen molar-refractivity contribution >= 4 is 29.0 Å². The Balaban J connectivity index is 2.13. The van der Waals surface area contributed by atoms with Crippen LogP contribution in [0, 0.1) is 30.9 Å². The summed E-state index contributed by atoms with van der Waals surface area (Å²) in [5.74, 6) is 1.03. The van der Waals surface area contributed by atoms with E-state index < -0.39 is 4.92 Å². The van der Waals surface area contributed by atoms with E-state index in [-0.39, 0.29) is 29.4 Å². The third-order valence-electron chi connectivity index (χ3n) is 5.44. The molecule has 1 N–H and O–H groups in total. The fourth-order valence-corrected chi connectivity index (χ4v) is 4.40. The Morgan fingerprint density at radius 3 is 2.79 bits per heavy atom. The minimum Gasteiger partial charge on any atom is -0.493 e. The van der Waals surface area contributed by atoms with Gasteiger partial charge >= 0.3 is 0 Å². The molecule has 0 bridgehead atoms. The van der Waals surface area contributed by atoms with Crippen LogP contribution in [-0.2, 0) is 6.42 Å². The zero-order chi connectivity index (χ0) is 20.0. The van der Waals surface area contributed by atoms with Crippen LogP contribution in [0.3, 0.4) is 0 Å². The minimum absolute atomic E-state index is 0.102. The Kier molecular flexibility index (Phi) is 4.66. The molecule has 1 aliphatic heterocycles. The number of H-pyrrole nitrogens is 1. The highest BCUT2D eigenvalue weighted by molar-refractivity contribution is 7.89. The monoisotopic (exact) mass is 402 g/mol. The topological polar surface area (TPSA) is 77.4 Å². The van der Waals surface area contributed by atoms with Crippen LogP contribution >= 0.6 is 12.4 Å². The Labute approximate surface area is 165 Å². The first kappa shape index (κ1) is 18.6. The molecule has 0 aliphatic carbocycles. The van der Waals surface area contributed by atoms with Crippen molar-refractivity contribution in [1.29, 1.82) is 0 Å². The number of aryl methyl sites for hydroxylation is 1. The van der Waals surface area contributed by atoms with E-state index >= 15 is 0 Å². The summed E-state index contributed by atoms with van der Waals surface area (Å²) in [6, 6.07) is 3.83. The molecule has 1 aromatic heterocycles. The van der Waals surface area contributed by atoms with E-state index in [4.69, 9.17) is 8.92 Å². The van der Waals surface area contributed by atoms with Crippen LogP contribution in [0.15, 0.2) is 18.3 Å². The second-order valence-corrected chi connectivity index (χ2v) is 7.26. The lowest BCUT2D eigenvalue weighted by molar-refractivity contribution is -0.383. The number of halogens is 1. The van der Waals surface area contributed by atoms with Crippen molar-refractivity contribution in [1.82, 2.24) is 4.98 Å². The second kappa shape index (κ2) is 7.01. The van der Waals surface area contributed by atoms with Crippen molar-refractivity contribution in [3.8, 4) is 22.6 Å². The smallest absolute Gasteiger partial charge is 0.299 e. The molecular formula is C20H19FN2O4S. The highest BCUT2D eigenvalue weighted by Crippen LogP contribution is 2.49. The zero-order valence-corrected chi connectivity index (χ0v) is 16.5. The van der Waals surface area contributed by atoms with Crippen LogP contribution in [0.5, 0.6) is 11.5 Å². The number of aromatic amines is 1. The highest BCUT2D eigenvalue weighted by Gasteiger charge is 2.30. The quantitative estimate of drug-likeness (QED) is 0.334. The molecule has 8 heteroatoms. The molecule has 28 heavy (non-hydrogen) atoms. The number of hydrogen-bond donors (Lipinski definition) is 1. The molecule has 2 heterocycles. The summed E-state index contributed by atoms with van der Waals surface area (Å²) in [4.78, 5) is 14.3. The van der Waals surface area contributed by atoms with Crippen LogP contribution in [0.2, 0.25) is 0 Å². The predicted molar refractivity (Wildman–Crippen MR) is 108 cm³/mol. The average molecular weight is 402 g/mol. The summed E-state index contributed by atoms with van der Waals surface area (Å²) in [5.41, 5.74) is 5.07. The first-order valence-electron chi connectivity index (χ1n) is 8.95. The number of rotatable bonds is 4. The number of hydrogen-bond acceptors (Lipinski definition) is 5. The van der Waals surface area contributed by atoms with Gasteiger partial charge in [-0.1, -0.05) is 6.07 Å². The molecule has 1 aliphatic rings. The molecule has 0 atom stereocenters. The summed E-state index contributed by atoms with van der Waals surface area (Å²) in [6.07, 6.45) is 3.55. The van der Waals surface area contributed by atoms with Crippen molar-refractivity contribution in [2.75, 3.05) is 6.61 Å². The molecule has 2 aromatic carbocycles. The number of aromatic nitrogens is 1. The number of nitro benzene ring substituents is 1. The Morgan fingerprint density at radius 2 is 2.07 bits per heavy atom. The molecule has 146 valence electrons. The molecule has 0 spiro atoms. The number of nitro groups is 1. The van der Waals surface area contributed by atoms with Crippen molar-refractivity contribution < 1.29 is 17.7 Å². The van der Waals surface area contributed by atoms with Gasteiger partial charge in [0.05, 0.1) is 17.1 Å². The van der Waals surface area contributed by atoms with Gasteiger partial charge in [0, 0.05) is 17.1 Å². The third-order valence-corrected chi connectivity index (χ3v) is 5.67. The molecular weight excluding hydrogens is 383 g/mol. The number of nitrogens with zero attached hydrogens (tertiary/aromatic N) is 1. The molecule has 0 radical (unpaired) electrons. The van der Waals surface area contributed by atoms with E-state index in [0.717, 1.165) is 40.8 Å². The lowest BCUT2D eigenvalue weighted by Gasteiger charge is -2.22. The highest BCUT2D eigenvalue weighted by atomic mass is 32.2. The lowest BCUT2D eigenvalue weighted by atomic mass is 9.88. The second-order valence-electron chi connectivity index (χ2n) is 6.97. The fraction of sp³-hybridized carbons (Fsp3) is 0.300. The summed E-state index contributed by atoms with van der Waals surface area (Å²) in [6.45, 7) is 6.14. The first-order chi connectivity index (χ1) is 13.5. The minimum atomic E-state index is -0.458. The molecule has 6 nitrogen and oxygen atoms in total. The van der Waals surface area contributed by atoms with Gasteiger partial charge in [-0.2, -0.15) is 0 Å². The van der Waals surface area contributed by atoms with E-state index in [2.05, 4.69) is 4.98 Å². The number of fused-ring (bicyclic) bond motifs is 2. The van der Waals surface area contributed by atoms with Gasteiger partial charge < -0.3 is 13.9 Å². The van der Waals surface area contributed by atoms with Crippen molar-refractivity contribution in [2.45, 2.75) is 33.6 Å². The normalized spacial score (nSPS) is 13.3. The van der Waals surface area contributed by atoms with Crippen LogP contribution in [-0.4, -0.2) is 16.5 Å². The largest absolute Gasteiger partial charge is 0.493 e. The lowest BCUT2D eigenvalue weighted by Crippen LogP contribution is -2.10. The van der Waals surface area contributed by atoms with E-state index in [1.54, 1.807) is 13.1 Å². The summed E-state index contributed by atoms with van der Waals surface area (Å²) in [7, 11) is 0. The maximum Gasteiger partial charge on any atom is 0.299 e. The first-order valence-corrected chi connectivity index (χ1v) is 9.59. The van der Waals surface area contributed by atoms with E-state index in [0.29, 0.717) is 23.1 Å². The molecule has 0 saturated carbocycles. The average Bonchev–Trinajstić information content (AvgIpc) is 3.04. The predicted octanol–water partition coefficient (Wildman–Crippen LogP) is 5.90. The molecule has 0 saturated heterocycles. The maximum absolute atomic E-state index is 13.2. The van der Waals surface area contributed by atoms with Crippen molar-refractivity contribution in [3.63, 3.8) is 0 Å². The molecule has 0 fully saturated rings. The van der Waals surface area contributed by atoms with Gasteiger partial charge in [0.1, 0.15) is 11.3 Å². The van der Waals surface area contributed by atoms with Crippen LogP contribution in [0.25, 0.3) is 22.0 Å². The van der Waals surface area contributed by atoms with Crippen LogP contribution < -0.4 is 8.92 Å². The fourth-order valence-electron chi connectivity index (χ4n) is 4.13. The van der Waals surface area contributed by atoms with Gasteiger partial charge in [-0.25, -0.2) is 0 Å². The van der Waals surface area contributed by atoms with Crippen molar-refractivity contribution in [2.24, 2.45) is 0 Å². The van der Waals surface area contributed by atoms with Gasteiger partial charge in [-0.3, -0.25) is 10.1 Å². The molecule has 0 amide bonds. The molecule has 0 unspecified atom stereocenters. The van der Waals surface area contributed by atoms with E-state index in [1.165, 1.54) is 0 Å². The van der Waals surface area contributed by atoms with Crippen LogP contribution in [0.4, 0.5) is 9.57 Å². The van der Waals surface area contributed by atoms with E-state index in [1.807, 2.05) is 26.0 Å². The van der Waals surface area contributed by atoms with Crippen molar-refractivity contribution in [3.05, 3.63) is 50.7 Å². The van der Waals surface area contributed by atoms with Crippen LogP contribution in [0.1, 0.15) is 28.7 Å². The van der Waals surface area contributed by atoms with Gasteiger partial charge in [0.15, 0.2) is 5.75 Å². The van der Waals surface area contributed by atoms with Gasteiger partial charge in [0.2, 0.25) is 0 Å².